The molecule has 236 valence electrons. The lowest BCUT2D eigenvalue weighted by Gasteiger charge is -2.27. The van der Waals surface area contributed by atoms with Crippen LogP contribution in [0.15, 0.2) is 186 Å². The Hall–Kier alpha value is -6.46. The van der Waals surface area contributed by atoms with Crippen LogP contribution in [-0.4, -0.2) is 14.4 Å². The van der Waals surface area contributed by atoms with E-state index in [2.05, 4.69) is 131 Å². The van der Waals surface area contributed by atoms with Gasteiger partial charge in [-0.05, 0) is 96.9 Å². The zero-order valence-corrected chi connectivity index (χ0v) is 27.1. The summed E-state index contributed by atoms with van der Waals surface area (Å²) in [6.45, 7) is 2.08. The summed E-state index contributed by atoms with van der Waals surface area (Å²) in [5.74, 6) is 0.858. The van der Waals surface area contributed by atoms with E-state index in [1.54, 1.807) is 0 Å². The van der Waals surface area contributed by atoms with E-state index in [0.717, 1.165) is 79.5 Å². The van der Waals surface area contributed by atoms with Gasteiger partial charge in [0.1, 0.15) is 17.0 Å². The number of hydrogen-bond donors (Lipinski definition) is 0. The summed E-state index contributed by atoms with van der Waals surface area (Å²) < 4.78 is 8.22. The first-order valence-electron chi connectivity index (χ1n) is 16.5. The Morgan fingerprint density at radius 1 is 0.714 bits per heavy atom. The van der Waals surface area contributed by atoms with Gasteiger partial charge in [-0.25, -0.2) is 4.98 Å². The highest BCUT2D eigenvalue weighted by Gasteiger charge is 2.15. The average Bonchev–Trinajstić information content (AvgIpc) is 3.80. The molecule has 0 aliphatic carbocycles. The Morgan fingerprint density at radius 3 is 2.08 bits per heavy atom. The van der Waals surface area contributed by atoms with Crippen LogP contribution >= 0.6 is 0 Å². The fraction of sp³-hybridized carbons (Fsp3) is 0.0455. The lowest BCUT2D eigenvalue weighted by Crippen LogP contribution is -2.15. The first kappa shape index (κ1) is 29.9. The van der Waals surface area contributed by atoms with Crippen molar-refractivity contribution in [1.29, 1.82) is 0 Å². The minimum absolute atomic E-state index is 0.727. The first-order valence-corrected chi connectivity index (χ1v) is 16.5. The van der Waals surface area contributed by atoms with Gasteiger partial charge in [0.2, 0.25) is 0 Å². The van der Waals surface area contributed by atoms with Gasteiger partial charge in [-0.2, -0.15) is 0 Å². The molecule has 0 unspecified atom stereocenters. The van der Waals surface area contributed by atoms with Gasteiger partial charge < -0.3 is 13.7 Å². The summed E-state index contributed by atoms with van der Waals surface area (Å²) in [5.41, 5.74) is 11.5. The molecular weight excluding hydrogens is 601 g/mol. The van der Waals surface area contributed by atoms with Crippen LogP contribution in [0.1, 0.15) is 12.6 Å². The summed E-state index contributed by atoms with van der Waals surface area (Å²) in [4.78, 5) is 11.6. The van der Waals surface area contributed by atoms with Crippen LogP contribution in [0.4, 0.5) is 11.4 Å². The third-order valence-electron chi connectivity index (χ3n) is 8.72. The first-order chi connectivity index (χ1) is 24.2. The van der Waals surface area contributed by atoms with Crippen molar-refractivity contribution in [2.24, 2.45) is 0 Å². The highest BCUT2D eigenvalue weighted by Crippen LogP contribution is 2.35. The Balaban J connectivity index is 1.10. The van der Waals surface area contributed by atoms with Gasteiger partial charge in [-0.1, -0.05) is 78.9 Å². The molecule has 0 amide bonds. The minimum atomic E-state index is 0.727. The van der Waals surface area contributed by atoms with E-state index < -0.39 is 0 Å². The van der Waals surface area contributed by atoms with Gasteiger partial charge in [0, 0.05) is 58.6 Å². The van der Waals surface area contributed by atoms with Crippen LogP contribution in [0.3, 0.4) is 0 Å². The van der Waals surface area contributed by atoms with Gasteiger partial charge in [0.15, 0.2) is 0 Å². The second kappa shape index (κ2) is 13.3. The molecule has 4 aromatic carbocycles. The summed E-state index contributed by atoms with van der Waals surface area (Å²) >= 11 is 0. The average molecular weight is 635 g/mol. The molecule has 5 heteroatoms. The lowest BCUT2D eigenvalue weighted by molar-refractivity contribution is 0.631. The molecule has 5 nitrogen and oxygen atoms in total. The molecular formula is C44H34N4O. The van der Waals surface area contributed by atoms with Crippen LogP contribution in [0, 0.1) is 0 Å². The van der Waals surface area contributed by atoms with Crippen molar-refractivity contribution in [3.63, 3.8) is 0 Å². The molecule has 0 saturated heterocycles. The van der Waals surface area contributed by atoms with Crippen LogP contribution < -0.4 is 4.90 Å². The predicted molar refractivity (Wildman–Crippen MR) is 201 cm³/mol. The number of para-hydroxylation sites is 1. The predicted octanol–water partition coefficient (Wildman–Crippen LogP) is 11.3. The Kier molecular flexibility index (Phi) is 8.14. The molecule has 0 aliphatic heterocycles. The molecule has 8 aromatic rings. The van der Waals surface area contributed by atoms with Gasteiger partial charge >= 0.3 is 0 Å². The third kappa shape index (κ3) is 6.30. The van der Waals surface area contributed by atoms with Crippen molar-refractivity contribution in [2.75, 3.05) is 4.90 Å². The highest BCUT2D eigenvalue weighted by molar-refractivity contribution is 5.83. The Labute approximate surface area is 285 Å². The Morgan fingerprint density at radius 2 is 1.39 bits per heavy atom. The summed E-state index contributed by atoms with van der Waals surface area (Å²) in [6.07, 6.45) is 13.2. The fourth-order valence-electron chi connectivity index (χ4n) is 6.20. The van der Waals surface area contributed by atoms with Crippen molar-refractivity contribution in [1.82, 2.24) is 14.4 Å². The van der Waals surface area contributed by atoms with E-state index in [1.807, 2.05) is 67.0 Å². The number of fused-ring (bicyclic) bond motifs is 2. The number of aromatic nitrogens is 3. The van der Waals surface area contributed by atoms with Crippen LogP contribution in [-0.2, 0) is 6.42 Å². The van der Waals surface area contributed by atoms with Crippen LogP contribution in [0.25, 0.3) is 50.3 Å². The maximum atomic E-state index is 6.17. The molecule has 0 atom stereocenters. The monoisotopic (exact) mass is 634 g/mol. The number of benzene rings is 4. The van der Waals surface area contributed by atoms with Gasteiger partial charge in [-0.3, -0.25) is 4.98 Å². The summed E-state index contributed by atoms with van der Waals surface area (Å²) in [6, 6.07) is 48.2. The van der Waals surface area contributed by atoms with E-state index in [1.165, 1.54) is 0 Å². The molecule has 0 radical (unpaired) electrons. The number of rotatable bonds is 9. The number of anilines is 2. The van der Waals surface area contributed by atoms with Crippen molar-refractivity contribution in [2.45, 2.75) is 13.3 Å². The molecule has 4 aromatic heterocycles. The molecule has 0 aliphatic rings. The van der Waals surface area contributed by atoms with Crippen molar-refractivity contribution in [3.8, 4) is 33.7 Å². The highest BCUT2D eigenvalue weighted by atomic mass is 16.3. The van der Waals surface area contributed by atoms with E-state index in [0.29, 0.717) is 0 Å². The van der Waals surface area contributed by atoms with Gasteiger partial charge in [0.05, 0.1) is 11.4 Å². The number of allylic oxidation sites excluding steroid dienone is 3. The fourth-order valence-corrected chi connectivity index (χ4v) is 6.20. The maximum Gasteiger partial charge on any atom is 0.136 e. The zero-order valence-electron chi connectivity index (χ0n) is 27.1. The molecule has 8 rings (SSSR count). The lowest BCUT2D eigenvalue weighted by atomic mass is 10.0. The largest absolute Gasteiger partial charge is 0.456 e. The van der Waals surface area contributed by atoms with E-state index >= 15 is 0 Å². The zero-order chi connectivity index (χ0) is 33.0. The SMILES string of the molecule is C/C=C(\C=C/Cc1cn2ccccc2n1)N(c1ccc(-c2ccc(-c3ccccn3)cc2)cc1)c1ccc(-c2cc3ccccc3o2)cc1. The molecule has 49 heavy (non-hydrogen) atoms. The van der Waals surface area contributed by atoms with E-state index in [9.17, 15) is 0 Å². The number of imidazole rings is 1. The maximum absolute atomic E-state index is 6.17. The van der Waals surface area contributed by atoms with E-state index in [4.69, 9.17) is 9.40 Å². The number of nitrogens with zero attached hydrogens (tertiary/aromatic N) is 4. The van der Waals surface area contributed by atoms with Crippen molar-refractivity contribution >= 4 is 28.0 Å². The minimum Gasteiger partial charge on any atom is -0.456 e. The number of pyridine rings is 2. The molecule has 0 N–H and O–H groups in total. The normalized spacial score (nSPS) is 11.9. The van der Waals surface area contributed by atoms with Crippen molar-refractivity contribution < 1.29 is 4.42 Å². The second-order valence-corrected chi connectivity index (χ2v) is 11.9. The third-order valence-corrected chi connectivity index (χ3v) is 8.72. The number of hydrogen-bond acceptors (Lipinski definition) is 4. The standard InChI is InChI=1S/C44H34N4O/c1-2-38(12-9-11-37-31-47-29-8-6-15-44(47)46-37)48(40-26-22-35(23-27-40)43-30-36-10-3-4-14-42(36)49-43)39-24-20-33(21-25-39)32-16-18-34(19-17-32)41-13-5-7-28-45-41/h2-10,12-31H,11H2,1H3/b12-9-,38-2+. The molecule has 0 spiro atoms. The van der Waals surface area contributed by atoms with Gasteiger partial charge in [0.25, 0.3) is 0 Å². The van der Waals surface area contributed by atoms with E-state index in [-0.39, 0.29) is 0 Å². The molecule has 0 bridgehead atoms. The van der Waals surface area contributed by atoms with Crippen LogP contribution in [0.2, 0.25) is 0 Å². The topological polar surface area (TPSA) is 46.6 Å². The van der Waals surface area contributed by atoms with Crippen LogP contribution in [0.5, 0.6) is 0 Å². The summed E-state index contributed by atoms with van der Waals surface area (Å²) in [7, 11) is 0. The quantitative estimate of drug-likeness (QED) is 0.148. The van der Waals surface area contributed by atoms with Gasteiger partial charge in [-0.15, -0.1) is 0 Å². The summed E-state index contributed by atoms with van der Waals surface area (Å²) in [5, 5.41) is 1.10. The second-order valence-electron chi connectivity index (χ2n) is 11.9. The van der Waals surface area contributed by atoms with Crippen molar-refractivity contribution in [3.05, 3.63) is 188 Å². The Bertz CT molecular complexity index is 2330. The molecule has 4 heterocycles. The molecule has 0 fully saturated rings. The molecule has 0 saturated carbocycles. The smallest absolute Gasteiger partial charge is 0.136 e. The number of furan rings is 1.